The lowest BCUT2D eigenvalue weighted by Gasteiger charge is -2.36. The van der Waals surface area contributed by atoms with E-state index in [2.05, 4.69) is 13.8 Å². The molecule has 3 rings (SSSR count). The van der Waals surface area contributed by atoms with Crippen molar-refractivity contribution in [2.24, 2.45) is 29.1 Å². The Bertz CT molecular complexity index is 300. The van der Waals surface area contributed by atoms with Gasteiger partial charge in [0.15, 0.2) is 0 Å². The monoisotopic (exact) mass is 290 g/mol. The third-order valence-electron chi connectivity index (χ3n) is 7.77. The maximum Gasteiger partial charge on any atom is -0.0300 e. The fourth-order valence-electron chi connectivity index (χ4n) is 6.00. The Hall–Kier alpha value is 0. The molecule has 2 unspecified atom stereocenters. The number of hydrogen-bond donors (Lipinski definition) is 0. The van der Waals surface area contributed by atoms with Crippen LogP contribution in [0, 0.1) is 29.1 Å². The highest BCUT2D eigenvalue weighted by Crippen LogP contribution is 2.49. The Morgan fingerprint density at radius 2 is 1.43 bits per heavy atom. The van der Waals surface area contributed by atoms with Crippen LogP contribution >= 0.6 is 0 Å². The predicted molar refractivity (Wildman–Crippen MR) is 92.4 cm³/mol. The van der Waals surface area contributed by atoms with Crippen molar-refractivity contribution in [3.63, 3.8) is 0 Å². The van der Waals surface area contributed by atoms with E-state index in [0.717, 1.165) is 23.7 Å². The standard InChI is InChI=1S/C21H38/c1-17(21(2)13-7-8-14-21)15-20(19-11-5-6-12-19)16-18-9-3-4-10-18/h17-20H,3-16H2,1-2H3. The summed E-state index contributed by atoms with van der Waals surface area (Å²) in [5.41, 5.74) is 0.687. The van der Waals surface area contributed by atoms with Gasteiger partial charge in [0, 0.05) is 0 Å². The Labute approximate surface area is 133 Å². The fourth-order valence-corrected chi connectivity index (χ4v) is 6.00. The molecule has 0 amide bonds. The predicted octanol–water partition coefficient (Wildman–Crippen LogP) is 6.98. The largest absolute Gasteiger partial charge is 0.0620 e. The summed E-state index contributed by atoms with van der Waals surface area (Å²) < 4.78 is 0. The lowest BCUT2D eigenvalue weighted by Crippen LogP contribution is -2.27. The number of rotatable bonds is 6. The van der Waals surface area contributed by atoms with Gasteiger partial charge in [-0.2, -0.15) is 0 Å². The normalized spacial score (nSPS) is 30.0. The van der Waals surface area contributed by atoms with Gasteiger partial charge in [0.05, 0.1) is 0 Å². The summed E-state index contributed by atoms with van der Waals surface area (Å²) in [5, 5.41) is 0. The molecule has 0 aliphatic heterocycles. The van der Waals surface area contributed by atoms with E-state index < -0.39 is 0 Å². The smallest absolute Gasteiger partial charge is 0.0300 e. The second-order valence-corrected chi connectivity index (χ2v) is 9.19. The molecule has 122 valence electrons. The molecule has 0 bridgehead atoms. The SMILES string of the molecule is CC(CC(CC1CCCC1)C1CCCC1)C1(C)CCCC1. The van der Waals surface area contributed by atoms with Crippen LogP contribution in [0.25, 0.3) is 0 Å². The fraction of sp³-hybridized carbons (Fsp3) is 1.00. The molecule has 3 aliphatic carbocycles. The highest BCUT2D eigenvalue weighted by Gasteiger charge is 2.37. The minimum Gasteiger partial charge on any atom is -0.0620 e. The van der Waals surface area contributed by atoms with Crippen molar-refractivity contribution < 1.29 is 0 Å². The maximum atomic E-state index is 2.60. The molecule has 21 heavy (non-hydrogen) atoms. The van der Waals surface area contributed by atoms with Gasteiger partial charge in [0.2, 0.25) is 0 Å². The summed E-state index contributed by atoms with van der Waals surface area (Å²) in [6.07, 6.45) is 21.5. The molecule has 0 spiro atoms. The molecule has 0 heteroatoms. The zero-order valence-corrected chi connectivity index (χ0v) is 14.7. The molecule has 0 heterocycles. The van der Waals surface area contributed by atoms with Gasteiger partial charge in [-0.05, 0) is 54.8 Å². The van der Waals surface area contributed by atoms with Crippen LogP contribution in [0.2, 0.25) is 0 Å². The van der Waals surface area contributed by atoms with E-state index in [1.54, 1.807) is 38.5 Å². The Kier molecular flexibility index (Phi) is 5.33. The van der Waals surface area contributed by atoms with Crippen LogP contribution in [0.15, 0.2) is 0 Å². The molecule has 0 saturated heterocycles. The molecule has 0 aromatic heterocycles. The quantitative estimate of drug-likeness (QED) is 0.495. The molecule has 0 nitrogen and oxygen atoms in total. The van der Waals surface area contributed by atoms with Crippen molar-refractivity contribution in [1.29, 1.82) is 0 Å². The van der Waals surface area contributed by atoms with Crippen molar-refractivity contribution in [2.75, 3.05) is 0 Å². The van der Waals surface area contributed by atoms with Gasteiger partial charge >= 0.3 is 0 Å². The zero-order chi connectivity index (χ0) is 14.7. The van der Waals surface area contributed by atoms with Crippen molar-refractivity contribution in [1.82, 2.24) is 0 Å². The van der Waals surface area contributed by atoms with Gasteiger partial charge in [-0.25, -0.2) is 0 Å². The van der Waals surface area contributed by atoms with Crippen LogP contribution in [0.1, 0.15) is 104 Å². The first-order valence-electron chi connectivity index (χ1n) is 10.2. The first-order chi connectivity index (χ1) is 10.2. The van der Waals surface area contributed by atoms with E-state index in [9.17, 15) is 0 Å². The van der Waals surface area contributed by atoms with Crippen molar-refractivity contribution >= 4 is 0 Å². The third kappa shape index (κ3) is 3.85. The van der Waals surface area contributed by atoms with Crippen LogP contribution in [-0.2, 0) is 0 Å². The Balaban J connectivity index is 1.60. The molecule has 3 saturated carbocycles. The molecule has 3 aliphatic rings. The molecular formula is C21H38. The minimum atomic E-state index is 0.687. The summed E-state index contributed by atoms with van der Waals surface area (Å²) in [4.78, 5) is 0. The average Bonchev–Trinajstić information content (AvgIpc) is 3.20. The van der Waals surface area contributed by atoms with Crippen molar-refractivity contribution in [3.8, 4) is 0 Å². The lowest BCUT2D eigenvalue weighted by atomic mass is 9.69. The van der Waals surface area contributed by atoms with Gasteiger partial charge in [-0.15, -0.1) is 0 Å². The molecule has 3 fully saturated rings. The first-order valence-corrected chi connectivity index (χ1v) is 10.2. The second-order valence-electron chi connectivity index (χ2n) is 9.19. The highest BCUT2D eigenvalue weighted by molar-refractivity contribution is 4.88. The topological polar surface area (TPSA) is 0 Å². The summed E-state index contributed by atoms with van der Waals surface area (Å²) in [7, 11) is 0. The summed E-state index contributed by atoms with van der Waals surface area (Å²) in [6.45, 7) is 5.20. The highest BCUT2D eigenvalue weighted by atomic mass is 14.4. The summed E-state index contributed by atoms with van der Waals surface area (Å²) in [5.74, 6) is 4.23. The summed E-state index contributed by atoms with van der Waals surface area (Å²) >= 11 is 0. The summed E-state index contributed by atoms with van der Waals surface area (Å²) in [6, 6.07) is 0. The van der Waals surface area contributed by atoms with Gasteiger partial charge < -0.3 is 0 Å². The van der Waals surface area contributed by atoms with Crippen LogP contribution in [0.3, 0.4) is 0 Å². The van der Waals surface area contributed by atoms with Crippen LogP contribution in [-0.4, -0.2) is 0 Å². The van der Waals surface area contributed by atoms with E-state index in [1.165, 1.54) is 51.4 Å². The minimum absolute atomic E-state index is 0.687. The number of hydrogen-bond acceptors (Lipinski definition) is 0. The van der Waals surface area contributed by atoms with E-state index in [1.807, 2.05) is 0 Å². The maximum absolute atomic E-state index is 2.60. The van der Waals surface area contributed by atoms with Crippen LogP contribution < -0.4 is 0 Å². The Morgan fingerprint density at radius 1 is 0.857 bits per heavy atom. The Morgan fingerprint density at radius 3 is 2.05 bits per heavy atom. The zero-order valence-electron chi connectivity index (χ0n) is 14.7. The van der Waals surface area contributed by atoms with E-state index in [0.29, 0.717) is 5.41 Å². The van der Waals surface area contributed by atoms with Gasteiger partial charge in [0.25, 0.3) is 0 Å². The van der Waals surface area contributed by atoms with Crippen LogP contribution in [0.5, 0.6) is 0 Å². The van der Waals surface area contributed by atoms with Crippen LogP contribution in [0.4, 0.5) is 0 Å². The van der Waals surface area contributed by atoms with Crippen molar-refractivity contribution in [2.45, 2.75) is 104 Å². The van der Waals surface area contributed by atoms with E-state index in [4.69, 9.17) is 0 Å². The average molecular weight is 291 g/mol. The van der Waals surface area contributed by atoms with Gasteiger partial charge in [-0.3, -0.25) is 0 Å². The molecule has 0 aromatic rings. The molecule has 0 N–H and O–H groups in total. The second kappa shape index (κ2) is 7.05. The van der Waals surface area contributed by atoms with Gasteiger partial charge in [0.1, 0.15) is 0 Å². The first kappa shape index (κ1) is 15.9. The molecular weight excluding hydrogens is 252 g/mol. The lowest BCUT2D eigenvalue weighted by molar-refractivity contribution is 0.137. The molecule has 2 atom stereocenters. The molecule has 0 radical (unpaired) electrons. The third-order valence-corrected chi connectivity index (χ3v) is 7.77. The van der Waals surface area contributed by atoms with E-state index in [-0.39, 0.29) is 0 Å². The van der Waals surface area contributed by atoms with Gasteiger partial charge in [-0.1, -0.05) is 78.1 Å². The van der Waals surface area contributed by atoms with E-state index >= 15 is 0 Å². The molecule has 0 aromatic carbocycles. The van der Waals surface area contributed by atoms with Crippen molar-refractivity contribution in [3.05, 3.63) is 0 Å².